The number of carbonyl (C=O) groups excluding carboxylic acids is 1. The highest BCUT2D eigenvalue weighted by Crippen LogP contribution is 2.19. The number of hydrogen-bond donors (Lipinski definition) is 1. The van der Waals surface area contributed by atoms with Crippen LogP contribution in [-0.4, -0.2) is 85.4 Å². The first-order valence-electron chi connectivity index (χ1n) is 8.58. The Morgan fingerprint density at radius 2 is 1.54 bits per heavy atom. The molecule has 0 aromatic heterocycles. The quantitative estimate of drug-likeness (QED) is 0.725. The summed E-state index contributed by atoms with van der Waals surface area (Å²) in [5.41, 5.74) is 5.79. The summed E-state index contributed by atoms with van der Waals surface area (Å²) in [5, 5.41) is 0. The van der Waals surface area contributed by atoms with Crippen LogP contribution < -0.4 is 5.73 Å². The van der Waals surface area contributed by atoms with Gasteiger partial charge in [-0.3, -0.25) is 4.79 Å². The fourth-order valence-electron chi connectivity index (χ4n) is 3.13. The van der Waals surface area contributed by atoms with E-state index in [0.717, 1.165) is 0 Å². The summed E-state index contributed by atoms with van der Waals surface area (Å²) < 4.78 is 34.2. The van der Waals surface area contributed by atoms with E-state index in [1.54, 1.807) is 4.90 Å². The van der Waals surface area contributed by atoms with Gasteiger partial charge < -0.3 is 15.4 Å². The second kappa shape index (κ2) is 7.65. The smallest absolute Gasteiger partial charge is 0.282 e. The van der Waals surface area contributed by atoms with Crippen LogP contribution in [0.2, 0.25) is 0 Å². The summed E-state index contributed by atoms with van der Waals surface area (Å²) in [6.45, 7) is 9.57. The van der Waals surface area contributed by atoms with Gasteiger partial charge in [0.1, 0.15) is 0 Å². The molecule has 24 heavy (non-hydrogen) atoms. The molecule has 2 N–H and O–H groups in total. The number of rotatable bonds is 4. The molecular weight excluding hydrogens is 332 g/mol. The van der Waals surface area contributed by atoms with Gasteiger partial charge in [-0.1, -0.05) is 6.92 Å². The Morgan fingerprint density at radius 3 is 2.00 bits per heavy atom. The lowest BCUT2D eigenvalue weighted by molar-refractivity contribution is -0.136. The van der Waals surface area contributed by atoms with Crippen molar-refractivity contribution >= 4 is 16.1 Å². The van der Waals surface area contributed by atoms with Gasteiger partial charge in [0.15, 0.2) is 0 Å². The lowest BCUT2D eigenvalue weighted by Crippen LogP contribution is -2.58. The van der Waals surface area contributed by atoms with Crippen molar-refractivity contribution < 1.29 is 17.9 Å². The maximum atomic E-state index is 12.8. The van der Waals surface area contributed by atoms with Gasteiger partial charge in [-0.25, -0.2) is 0 Å². The Labute approximate surface area is 145 Å². The normalized spacial score (nSPS) is 30.1. The molecule has 9 heteroatoms. The van der Waals surface area contributed by atoms with E-state index in [2.05, 4.69) is 0 Å². The largest absolute Gasteiger partial charge is 0.373 e. The van der Waals surface area contributed by atoms with Crippen LogP contribution in [-0.2, 0) is 19.7 Å². The summed E-state index contributed by atoms with van der Waals surface area (Å²) in [6, 6.07) is -0.212. The van der Waals surface area contributed by atoms with E-state index >= 15 is 0 Å². The van der Waals surface area contributed by atoms with Gasteiger partial charge in [-0.2, -0.15) is 17.0 Å². The van der Waals surface area contributed by atoms with Crippen LogP contribution in [0.1, 0.15) is 27.7 Å². The van der Waals surface area contributed by atoms with E-state index in [4.69, 9.17) is 10.5 Å². The minimum Gasteiger partial charge on any atom is -0.373 e. The highest BCUT2D eigenvalue weighted by molar-refractivity contribution is 7.86. The predicted molar refractivity (Wildman–Crippen MR) is 91.5 cm³/mol. The van der Waals surface area contributed by atoms with Gasteiger partial charge in [-0.05, 0) is 20.8 Å². The second-order valence-corrected chi connectivity index (χ2v) is 8.88. The van der Waals surface area contributed by atoms with Crippen molar-refractivity contribution in [1.82, 2.24) is 13.5 Å². The first kappa shape index (κ1) is 19.6. The van der Waals surface area contributed by atoms with Gasteiger partial charge in [0, 0.05) is 45.3 Å². The van der Waals surface area contributed by atoms with Crippen molar-refractivity contribution in [2.75, 3.05) is 39.3 Å². The van der Waals surface area contributed by atoms with Crippen LogP contribution in [0.15, 0.2) is 0 Å². The second-order valence-electron chi connectivity index (χ2n) is 6.95. The summed E-state index contributed by atoms with van der Waals surface area (Å²) >= 11 is 0. The summed E-state index contributed by atoms with van der Waals surface area (Å²) in [6.07, 6.45) is -0.225. The molecule has 0 saturated carbocycles. The minimum absolute atomic E-state index is 0.00401. The van der Waals surface area contributed by atoms with E-state index in [1.807, 2.05) is 27.7 Å². The van der Waals surface area contributed by atoms with Crippen LogP contribution >= 0.6 is 0 Å². The number of hydrogen-bond acceptors (Lipinski definition) is 5. The molecule has 2 aliphatic heterocycles. The first-order chi connectivity index (χ1) is 11.1. The number of morpholine rings is 1. The van der Waals surface area contributed by atoms with Crippen LogP contribution in [0.25, 0.3) is 0 Å². The highest BCUT2D eigenvalue weighted by Gasteiger charge is 2.37. The topological polar surface area (TPSA) is 96.2 Å². The maximum absolute atomic E-state index is 12.8. The molecule has 0 radical (unpaired) electrons. The van der Waals surface area contributed by atoms with E-state index < -0.39 is 10.2 Å². The van der Waals surface area contributed by atoms with Crippen LogP contribution in [0.5, 0.6) is 0 Å². The summed E-state index contributed by atoms with van der Waals surface area (Å²) in [4.78, 5) is 14.0. The minimum atomic E-state index is -3.51. The van der Waals surface area contributed by atoms with Crippen molar-refractivity contribution in [3.63, 3.8) is 0 Å². The Morgan fingerprint density at radius 1 is 1.04 bits per heavy atom. The maximum Gasteiger partial charge on any atom is 0.282 e. The highest BCUT2D eigenvalue weighted by atomic mass is 32.2. The van der Waals surface area contributed by atoms with Crippen molar-refractivity contribution in [2.24, 2.45) is 11.7 Å². The number of piperazine rings is 1. The van der Waals surface area contributed by atoms with Crippen molar-refractivity contribution in [1.29, 1.82) is 0 Å². The molecule has 2 aliphatic rings. The van der Waals surface area contributed by atoms with Crippen LogP contribution in [0.3, 0.4) is 0 Å². The SMILES string of the molecule is CC1CN(S(=O)(=O)N2CCN(C(=O)C(C)C(C)N)CC2)CC(C)O1. The summed E-state index contributed by atoms with van der Waals surface area (Å²) in [5.74, 6) is -0.259. The van der Waals surface area contributed by atoms with E-state index in [0.29, 0.717) is 39.3 Å². The third-order valence-corrected chi connectivity index (χ3v) is 6.74. The standard InChI is InChI=1S/C15H30N4O4S/c1-11-9-19(10-12(2)23-11)24(21,22)18-7-5-17(6-8-18)15(20)13(3)14(4)16/h11-14H,5-10,16H2,1-4H3. The third kappa shape index (κ3) is 4.26. The number of amides is 1. The van der Waals surface area contributed by atoms with Gasteiger partial charge in [0.25, 0.3) is 10.2 Å². The average molecular weight is 362 g/mol. The van der Waals surface area contributed by atoms with Crippen LogP contribution in [0, 0.1) is 5.92 Å². The van der Waals surface area contributed by atoms with Gasteiger partial charge in [0.2, 0.25) is 5.91 Å². The zero-order chi connectivity index (χ0) is 18.1. The molecule has 2 saturated heterocycles. The monoisotopic (exact) mass is 362 g/mol. The Kier molecular flexibility index (Phi) is 6.24. The molecule has 0 spiro atoms. The van der Waals surface area contributed by atoms with E-state index in [1.165, 1.54) is 8.61 Å². The molecule has 1 amide bonds. The molecule has 2 heterocycles. The van der Waals surface area contributed by atoms with Crippen molar-refractivity contribution in [3.8, 4) is 0 Å². The Bertz CT molecular complexity index is 536. The van der Waals surface area contributed by atoms with Gasteiger partial charge >= 0.3 is 0 Å². The number of nitrogens with two attached hydrogens (primary N) is 1. The van der Waals surface area contributed by atoms with Crippen molar-refractivity contribution in [2.45, 2.75) is 45.9 Å². The summed E-state index contributed by atoms with van der Waals surface area (Å²) in [7, 11) is -3.51. The third-order valence-electron chi connectivity index (χ3n) is 4.77. The van der Waals surface area contributed by atoms with Crippen LogP contribution in [0.4, 0.5) is 0 Å². The zero-order valence-electron chi connectivity index (χ0n) is 15.0. The molecule has 4 unspecified atom stereocenters. The lowest BCUT2D eigenvalue weighted by Gasteiger charge is -2.40. The fraction of sp³-hybridized carbons (Fsp3) is 0.933. The first-order valence-corrected chi connectivity index (χ1v) is 9.97. The van der Waals surface area contributed by atoms with Crippen molar-refractivity contribution in [3.05, 3.63) is 0 Å². The molecule has 4 atom stereocenters. The molecule has 2 fully saturated rings. The molecule has 0 aromatic rings. The number of ether oxygens (including phenoxy) is 1. The average Bonchev–Trinajstić information content (AvgIpc) is 2.52. The lowest BCUT2D eigenvalue weighted by atomic mass is 10.0. The molecule has 0 aliphatic carbocycles. The fourth-order valence-corrected chi connectivity index (χ4v) is 4.88. The molecule has 2 rings (SSSR count). The Hall–Kier alpha value is -0.740. The molecular formula is C15H30N4O4S. The zero-order valence-corrected chi connectivity index (χ0v) is 15.8. The molecule has 0 aromatic carbocycles. The van der Waals surface area contributed by atoms with Gasteiger partial charge in [-0.15, -0.1) is 0 Å². The van der Waals surface area contributed by atoms with Gasteiger partial charge in [0.05, 0.1) is 18.1 Å². The van der Waals surface area contributed by atoms with E-state index in [9.17, 15) is 13.2 Å². The molecule has 140 valence electrons. The number of carbonyl (C=O) groups is 1. The predicted octanol–water partition coefficient (Wildman–Crippen LogP) is -0.532. The number of nitrogens with zero attached hydrogens (tertiary/aromatic N) is 3. The van der Waals surface area contributed by atoms with E-state index in [-0.39, 0.29) is 30.1 Å². The Balaban J connectivity index is 1.97. The molecule has 0 bridgehead atoms. The molecule has 8 nitrogen and oxygen atoms in total.